The largest absolute Gasteiger partial charge is 0.261 e. The molecule has 0 unspecified atom stereocenters. The minimum Gasteiger partial charge on any atom is -0.261 e. The second-order valence-corrected chi connectivity index (χ2v) is 24.8. The number of hydrogen-bond acceptors (Lipinski definition) is 4. The van der Waals surface area contributed by atoms with Crippen LogP contribution in [-0.4, -0.2) is 19.9 Å². The van der Waals surface area contributed by atoms with Gasteiger partial charge in [0.05, 0.1) is 21.7 Å². The molecule has 436 valence electrons. The lowest BCUT2D eigenvalue weighted by Crippen LogP contribution is -2.31. The molecule has 0 N–H and O–H groups in total. The lowest BCUT2D eigenvalue weighted by molar-refractivity contribution is -0.659. The molecule has 8 aromatic heterocycles. The van der Waals surface area contributed by atoms with Gasteiger partial charge in [-0.05, 0) is 151 Å². The number of benzene rings is 4. The van der Waals surface area contributed by atoms with Crippen molar-refractivity contribution in [3.8, 4) is 45.0 Å². The summed E-state index contributed by atoms with van der Waals surface area (Å²) in [4.78, 5) is 18.7. The Bertz CT molecular complexity index is 4220. The van der Waals surface area contributed by atoms with E-state index in [-0.39, 0.29) is 0 Å². The first-order chi connectivity index (χ1) is 41.3. The van der Waals surface area contributed by atoms with Crippen LogP contribution in [0.5, 0.6) is 0 Å². The Labute approximate surface area is 511 Å². The van der Waals surface area contributed by atoms with E-state index in [1.165, 1.54) is 122 Å². The SMILES string of the molecule is Cc1ccccc1-c1c2cc(CC(C)C)ncc2cc[n+]1C.Cc1ccccc1-c1c2cnc(C(C)C)cc2cc[n+]1C.Cc1ccccc1-c1c2cnc(CC(C)C)cc2cc[n+]1C.Cc1ccccc1-c1c2ncc(C(C)C)cc2cc[n+]1C. The van der Waals surface area contributed by atoms with Crippen LogP contribution >= 0.6 is 0 Å². The predicted molar refractivity (Wildman–Crippen MR) is 358 cm³/mol. The molecule has 8 heterocycles. The Balaban J connectivity index is 0.000000137. The third-order valence-corrected chi connectivity index (χ3v) is 16.3. The summed E-state index contributed by atoms with van der Waals surface area (Å²) >= 11 is 0. The van der Waals surface area contributed by atoms with Crippen molar-refractivity contribution in [1.82, 2.24) is 19.9 Å². The van der Waals surface area contributed by atoms with Gasteiger partial charge in [0.2, 0.25) is 22.8 Å². The molecule has 86 heavy (non-hydrogen) atoms. The van der Waals surface area contributed by atoms with E-state index in [4.69, 9.17) is 9.97 Å². The molecular formula is C78H88N8+4. The quantitative estimate of drug-likeness (QED) is 0.128. The Kier molecular flexibility index (Phi) is 19.7. The van der Waals surface area contributed by atoms with Crippen LogP contribution in [0.1, 0.15) is 112 Å². The molecule has 12 rings (SSSR count). The van der Waals surface area contributed by atoms with Crippen molar-refractivity contribution in [2.75, 3.05) is 0 Å². The summed E-state index contributed by atoms with van der Waals surface area (Å²) in [6, 6.07) is 51.7. The van der Waals surface area contributed by atoms with Crippen molar-refractivity contribution in [3.63, 3.8) is 0 Å². The summed E-state index contributed by atoms with van der Waals surface area (Å²) in [6.45, 7) is 26.3. The third kappa shape index (κ3) is 14.1. The fourth-order valence-corrected chi connectivity index (χ4v) is 11.5. The number of fused-ring (bicyclic) bond motifs is 4. The second-order valence-electron chi connectivity index (χ2n) is 24.8. The summed E-state index contributed by atoms with van der Waals surface area (Å²) in [5.74, 6) is 2.19. The first-order valence-corrected chi connectivity index (χ1v) is 30.6. The molecule has 0 spiro atoms. The van der Waals surface area contributed by atoms with E-state index in [2.05, 4.69) is 310 Å². The molecule has 0 bridgehead atoms. The normalized spacial score (nSPS) is 11.3. The van der Waals surface area contributed by atoms with Gasteiger partial charge in [-0.3, -0.25) is 15.0 Å². The number of aromatic nitrogens is 8. The summed E-state index contributed by atoms with van der Waals surface area (Å²) < 4.78 is 8.74. The van der Waals surface area contributed by atoms with Crippen LogP contribution in [0.3, 0.4) is 0 Å². The van der Waals surface area contributed by atoms with Gasteiger partial charge in [-0.25, -0.2) is 18.7 Å². The molecule has 12 aromatic rings. The van der Waals surface area contributed by atoms with Crippen molar-refractivity contribution in [2.45, 2.75) is 108 Å². The van der Waals surface area contributed by atoms with Crippen LogP contribution in [0.15, 0.2) is 195 Å². The highest BCUT2D eigenvalue weighted by molar-refractivity contribution is 5.95. The molecule has 0 aliphatic carbocycles. The Morgan fingerprint density at radius 2 is 0.721 bits per heavy atom. The minimum absolute atomic E-state index is 0.449. The average molecular weight is 1140 g/mol. The zero-order valence-corrected chi connectivity index (χ0v) is 53.8. The standard InChI is InChI=1S/2C20H23N2.2C19H21N2/c1-14(2)11-17-12-19-16(13-21-17)9-10-22(4)20(19)18-8-6-5-7-15(18)3;1-14(2)11-17-12-16-9-10-22(4)20(19(16)13-21-17)18-8-6-5-7-15(18)3;1-13(2)16-11-15-9-10-21(4)19(18(15)20-12-16)17-8-6-5-7-14(17)3;1-13(2)18-11-15-9-10-21(4)19(17(15)12-20-18)16-8-6-5-7-14(16)3/h2*5-10,12-14H,11H2,1-4H3;2*5-13H,1-4H3/q4*+1. The summed E-state index contributed by atoms with van der Waals surface area (Å²) in [6.07, 6.45) is 18.6. The van der Waals surface area contributed by atoms with Crippen molar-refractivity contribution >= 4 is 43.2 Å². The highest BCUT2D eigenvalue weighted by atomic mass is 14.9. The lowest BCUT2D eigenvalue weighted by Gasteiger charge is -2.09. The second kappa shape index (κ2) is 27.4. The van der Waals surface area contributed by atoms with Gasteiger partial charge in [0.25, 0.3) is 0 Å². The van der Waals surface area contributed by atoms with E-state index in [0.29, 0.717) is 23.7 Å². The maximum atomic E-state index is 4.76. The summed E-state index contributed by atoms with van der Waals surface area (Å²) in [5, 5.41) is 8.63. The molecule has 0 saturated heterocycles. The molecule has 0 aliphatic heterocycles. The van der Waals surface area contributed by atoms with E-state index < -0.39 is 0 Å². The lowest BCUT2D eigenvalue weighted by atomic mass is 9.99. The van der Waals surface area contributed by atoms with Crippen LogP contribution in [0.4, 0.5) is 0 Å². The molecule has 0 radical (unpaired) electrons. The average Bonchev–Trinajstić information content (AvgIpc) is 1.78. The third-order valence-electron chi connectivity index (χ3n) is 16.3. The van der Waals surface area contributed by atoms with Crippen molar-refractivity contribution in [2.24, 2.45) is 40.0 Å². The fraction of sp³-hybridized carbons (Fsp3) is 0.282. The smallest absolute Gasteiger partial charge is 0.239 e. The number of aryl methyl sites for hydroxylation is 8. The summed E-state index contributed by atoms with van der Waals surface area (Å²) in [7, 11) is 8.39. The van der Waals surface area contributed by atoms with Gasteiger partial charge in [-0.1, -0.05) is 128 Å². The van der Waals surface area contributed by atoms with E-state index in [0.717, 1.165) is 24.1 Å². The van der Waals surface area contributed by atoms with Gasteiger partial charge in [0.1, 0.15) is 33.7 Å². The van der Waals surface area contributed by atoms with Gasteiger partial charge >= 0.3 is 0 Å². The highest BCUT2D eigenvalue weighted by Gasteiger charge is 2.22. The number of rotatable bonds is 10. The highest BCUT2D eigenvalue weighted by Crippen LogP contribution is 2.33. The van der Waals surface area contributed by atoms with Crippen LogP contribution in [0.25, 0.3) is 88.2 Å². The molecular weight excluding hydrogens is 1050 g/mol. The molecule has 0 atom stereocenters. The Morgan fingerprint density at radius 3 is 1.17 bits per heavy atom. The van der Waals surface area contributed by atoms with Gasteiger partial charge in [0, 0.05) is 93.6 Å². The molecule has 0 saturated carbocycles. The first-order valence-electron chi connectivity index (χ1n) is 30.6. The van der Waals surface area contributed by atoms with E-state index in [1.807, 2.05) is 24.8 Å². The van der Waals surface area contributed by atoms with Crippen LogP contribution in [-0.2, 0) is 41.0 Å². The van der Waals surface area contributed by atoms with Gasteiger partial charge < -0.3 is 0 Å². The predicted octanol–water partition coefficient (Wildman–Crippen LogP) is 16.8. The van der Waals surface area contributed by atoms with E-state index in [1.54, 1.807) is 0 Å². The number of nitrogens with zero attached hydrogens (tertiary/aromatic N) is 8. The zero-order valence-electron chi connectivity index (χ0n) is 53.8. The maximum Gasteiger partial charge on any atom is 0.239 e. The first kappa shape index (κ1) is 61.7. The van der Waals surface area contributed by atoms with E-state index >= 15 is 0 Å². The van der Waals surface area contributed by atoms with Crippen molar-refractivity contribution < 1.29 is 18.3 Å². The topological polar surface area (TPSA) is 67.1 Å². The molecule has 0 fully saturated rings. The Morgan fingerprint density at radius 1 is 0.337 bits per heavy atom. The number of hydrogen-bond donors (Lipinski definition) is 0. The number of pyridine rings is 8. The van der Waals surface area contributed by atoms with Gasteiger partial charge in [0.15, 0.2) is 24.8 Å². The molecule has 0 amide bonds. The van der Waals surface area contributed by atoms with E-state index in [9.17, 15) is 0 Å². The van der Waals surface area contributed by atoms with Gasteiger partial charge in [-0.15, -0.1) is 0 Å². The molecule has 8 nitrogen and oxygen atoms in total. The maximum absolute atomic E-state index is 4.76. The zero-order chi connectivity index (χ0) is 61.3. The van der Waals surface area contributed by atoms with Crippen LogP contribution < -0.4 is 18.3 Å². The molecule has 4 aromatic carbocycles. The fourth-order valence-electron chi connectivity index (χ4n) is 11.5. The monoisotopic (exact) mass is 1140 g/mol. The Hall–Kier alpha value is -8.88. The summed E-state index contributed by atoms with van der Waals surface area (Å²) in [5.41, 5.74) is 21.0. The van der Waals surface area contributed by atoms with Crippen LogP contribution in [0, 0.1) is 39.5 Å². The minimum atomic E-state index is 0.449. The van der Waals surface area contributed by atoms with Gasteiger partial charge in [-0.2, -0.15) is 4.57 Å². The van der Waals surface area contributed by atoms with Crippen molar-refractivity contribution in [3.05, 3.63) is 240 Å². The molecule has 8 heteroatoms. The van der Waals surface area contributed by atoms with Crippen molar-refractivity contribution in [1.29, 1.82) is 0 Å². The molecule has 0 aliphatic rings. The van der Waals surface area contributed by atoms with Crippen LogP contribution in [0.2, 0.25) is 0 Å².